The summed E-state index contributed by atoms with van der Waals surface area (Å²) in [6, 6.07) is 11.2. The average Bonchev–Trinajstić information content (AvgIpc) is 2.55. The molecule has 0 aliphatic rings. The van der Waals surface area contributed by atoms with Crippen LogP contribution in [0.15, 0.2) is 46.9 Å². The van der Waals surface area contributed by atoms with Crippen LogP contribution in [-0.2, 0) is 9.59 Å². The number of nitrogens with one attached hydrogen (secondary N) is 2. The number of rotatable bonds is 6. The van der Waals surface area contributed by atoms with Gasteiger partial charge in [0, 0.05) is 10.2 Å². The Balaban J connectivity index is 1.77. The molecule has 0 heterocycles. The summed E-state index contributed by atoms with van der Waals surface area (Å²) in [6.45, 7) is 1.29. The van der Waals surface area contributed by atoms with E-state index in [0.29, 0.717) is 5.69 Å². The lowest BCUT2D eigenvalue weighted by molar-refractivity contribution is -0.125. The molecule has 0 atom stereocenters. The van der Waals surface area contributed by atoms with E-state index in [4.69, 9.17) is 4.74 Å². The second kappa shape index (κ2) is 8.44. The zero-order valence-electron chi connectivity index (χ0n) is 12.9. The summed E-state index contributed by atoms with van der Waals surface area (Å²) in [7, 11) is 0. The molecule has 2 N–H and O–H groups in total. The lowest BCUT2D eigenvalue weighted by Gasteiger charge is -2.10. The van der Waals surface area contributed by atoms with Crippen molar-refractivity contribution in [2.24, 2.45) is 0 Å². The number of hydrogen-bond acceptors (Lipinski definition) is 3. The van der Waals surface area contributed by atoms with Gasteiger partial charge in [-0.25, -0.2) is 4.39 Å². The summed E-state index contributed by atoms with van der Waals surface area (Å²) >= 11 is 3.34. The Morgan fingerprint density at radius 1 is 1.17 bits per heavy atom. The number of amides is 2. The first kappa shape index (κ1) is 17.9. The van der Waals surface area contributed by atoms with E-state index in [1.807, 2.05) is 19.1 Å². The first-order valence-corrected chi connectivity index (χ1v) is 7.95. The summed E-state index contributed by atoms with van der Waals surface area (Å²) < 4.78 is 19.3. The van der Waals surface area contributed by atoms with E-state index >= 15 is 0 Å². The minimum atomic E-state index is -0.547. The fourth-order valence-corrected chi connectivity index (χ4v) is 2.37. The van der Waals surface area contributed by atoms with E-state index in [1.165, 1.54) is 18.2 Å². The molecule has 0 spiro atoms. The maximum Gasteiger partial charge on any atom is 0.258 e. The third-order valence-electron chi connectivity index (χ3n) is 3.10. The van der Waals surface area contributed by atoms with Crippen molar-refractivity contribution >= 4 is 33.4 Å². The van der Waals surface area contributed by atoms with Gasteiger partial charge in [0.05, 0.1) is 6.54 Å². The van der Waals surface area contributed by atoms with Gasteiger partial charge in [-0.05, 0) is 42.8 Å². The Bertz CT molecular complexity index is 752. The van der Waals surface area contributed by atoms with E-state index in [1.54, 1.807) is 12.1 Å². The number of halogens is 2. The van der Waals surface area contributed by atoms with Gasteiger partial charge in [-0.2, -0.15) is 0 Å². The molecule has 0 unspecified atom stereocenters. The molecule has 24 heavy (non-hydrogen) atoms. The minimum absolute atomic E-state index is 0.0115. The third kappa shape index (κ3) is 5.34. The van der Waals surface area contributed by atoms with Crippen molar-refractivity contribution in [3.05, 3.63) is 58.3 Å². The molecule has 0 fully saturated rings. The Morgan fingerprint density at radius 2 is 1.92 bits per heavy atom. The SMILES string of the molecule is Cc1cc(Br)ccc1NC(=O)CNC(=O)COc1ccccc1F. The Morgan fingerprint density at radius 3 is 2.62 bits per heavy atom. The van der Waals surface area contributed by atoms with Crippen molar-refractivity contribution in [1.29, 1.82) is 0 Å². The van der Waals surface area contributed by atoms with Gasteiger partial charge in [-0.15, -0.1) is 0 Å². The smallest absolute Gasteiger partial charge is 0.258 e. The molecule has 2 rings (SSSR count). The number of para-hydroxylation sites is 1. The maximum atomic E-state index is 13.3. The normalized spacial score (nSPS) is 10.1. The Kier molecular flexibility index (Phi) is 6.31. The standard InChI is InChI=1S/C17H16BrFN2O3/c1-11-8-12(18)6-7-14(11)21-16(22)9-20-17(23)10-24-15-5-3-2-4-13(15)19/h2-8H,9-10H2,1H3,(H,20,23)(H,21,22). The molecule has 0 aliphatic carbocycles. The minimum Gasteiger partial charge on any atom is -0.481 e. The van der Waals surface area contributed by atoms with E-state index in [0.717, 1.165) is 10.0 Å². The quantitative estimate of drug-likeness (QED) is 0.790. The van der Waals surface area contributed by atoms with Crippen LogP contribution in [0.4, 0.5) is 10.1 Å². The zero-order valence-corrected chi connectivity index (χ0v) is 14.5. The molecule has 7 heteroatoms. The van der Waals surface area contributed by atoms with Gasteiger partial charge < -0.3 is 15.4 Å². The highest BCUT2D eigenvalue weighted by Crippen LogP contribution is 2.19. The number of benzene rings is 2. The van der Waals surface area contributed by atoms with Gasteiger partial charge in [-0.1, -0.05) is 28.1 Å². The summed E-state index contributed by atoms with van der Waals surface area (Å²) in [5.41, 5.74) is 1.56. The van der Waals surface area contributed by atoms with Crippen LogP contribution in [0.25, 0.3) is 0 Å². The van der Waals surface area contributed by atoms with Crippen LogP contribution in [0.3, 0.4) is 0 Å². The highest BCUT2D eigenvalue weighted by atomic mass is 79.9. The molecule has 0 aliphatic heterocycles. The molecular weight excluding hydrogens is 379 g/mol. The molecule has 2 amide bonds. The highest BCUT2D eigenvalue weighted by molar-refractivity contribution is 9.10. The first-order chi connectivity index (χ1) is 11.5. The second-order valence-corrected chi connectivity index (χ2v) is 5.92. The molecule has 0 saturated heterocycles. The van der Waals surface area contributed by atoms with Crippen LogP contribution in [0.1, 0.15) is 5.56 Å². The average molecular weight is 395 g/mol. The van der Waals surface area contributed by atoms with Crippen LogP contribution in [0.5, 0.6) is 5.75 Å². The Hall–Kier alpha value is -2.41. The van der Waals surface area contributed by atoms with Gasteiger partial charge in [-0.3, -0.25) is 9.59 Å². The number of ether oxygens (including phenoxy) is 1. The van der Waals surface area contributed by atoms with Crippen molar-refractivity contribution < 1.29 is 18.7 Å². The Labute approximate surface area is 147 Å². The van der Waals surface area contributed by atoms with Crippen molar-refractivity contribution in [1.82, 2.24) is 5.32 Å². The highest BCUT2D eigenvalue weighted by Gasteiger charge is 2.09. The van der Waals surface area contributed by atoms with Crippen molar-refractivity contribution in [3.8, 4) is 5.75 Å². The summed E-state index contributed by atoms with van der Waals surface area (Å²) in [4.78, 5) is 23.5. The topological polar surface area (TPSA) is 67.4 Å². The fraction of sp³-hybridized carbons (Fsp3) is 0.176. The zero-order chi connectivity index (χ0) is 17.5. The largest absolute Gasteiger partial charge is 0.481 e. The molecule has 2 aromatic rings. The number of aryl methyl sites for hydroxylation is 1. The predicted molar refractivity (Wildman–Crippen MR) is 92.4 cm³/mol. The molecule has 126 valence electrons. The lowest BCUT2D eigenvalue weighted by Crippen LogP contribution is -2.35. The first-order valence-electron chi connectivity index (χ1n) is 7.16. The van der Waals surface area contributed by atoms with Crippen LogP contribution < -0.4 is 15.4 Å². The molecule has 0 radical (unpaired) electrons. The van der Waals surface area contributed by atoms with Crippen molar-refractivity contribution in [2.45, 2.75) is 6.92 Å². The molecule has 5 nitrogen and oxygen atoms in total. The van der Waals surface area contributed by atoms with Crippen molar-refractivity contribution in [2.75, 3.05) is 18.5 Å². The number of carbonyl (C=O) groups excluding carboxylic acids is 2. The number of anilines is 1. The van der Waals surface area contributed by atoms with E-state index in [9.17, 15) is 14.0 Å². The molecular formula is C17H16BrFN2O3. The third-order valence-corrected chi connectivity index (χ3v) is 3.60. The van der Waals surface area contributed by atoms with E-state index < -0.39 is 11.7 Å². The fourth-order valence-electron chi connectivity index (χ4n) is 1.90. The second-order valence-electron chi connectivity index (χ2n) is 5.00. The lowest BCUT2D eigenvalue weighted by atomic mass is 10.2. The molecule has 2 aromatic carbocycles. The van der Waals surface area contributed by atoms with E-state index in [2.05, 4.69) is 26.6 Å². The molecule has 0 bridgehead atoms. The summed E-state index contributed by atoms with van der Waals surface area (Å²) in [6.07, 6.45) is 0. The van der Waals surface area contributed by atoms with E-state index in [-0.39, 0.29) is 24.8 Å². The van der Waals surface area contributed by atoms with Crippen LogP contribution in [-0.4, -0.2) is 25.0 Å². The number of carbonyl (C=O) groups is 2. The van der Waals surface area contributed by atoms with Crippen LogP contribution in [0.2, 0.25) is 0 Å². The monoisotopic (exact) mass is 394 g/mol. The van der Waals surface area contributed by atoms with Gasteiger partial charge in [0.15, 0.2) is 18.2 Å². The van der Waals surface area contributed by atoms with Crippen molar-refractivity contribution in [3.63, 3.8) is 0 Å². The van der Waals surface area contributed by atoms with Crippen LogP contribution in [0, 0.1) is 12.7 Å². The predicted octanol–water partition coefficient (Wildman–Crippen LogP) is 3.03. The number of hydrogen-bond donors (Lipinski definition) is 2. The maximum absolute atomic E-state index is 13.3. The van der Waals surface area contributed by atoms with Gasteiger partial charge in [0.2, 0.25) is 5.91 Å². The van der Waals surface area contributed by atoms with Crippen LogP contribution >= 0.6 is 15.9 Å². The van der Waals surface area contributed by atoms with Gasteiger partial charge in [0.25, 0.3) is 5.91 Å². The molecule has 0 aromatic heterocycles. The summed E-state index contributed by atoms with van der Waals surface area (Å²) in [5, 5.41) is 5.12. The molecule has 0 saturated carbocycles. The van der Waals surface area contributed by atoms with Gasteiger partial charge >= 0.3 is 0 Å². The van der Waals surface area contributed by atoms with Gasteiger partial charge in [0.1, 0.15) is 0 Å². The summed E-state index contributed by atoms with van der Waals surface area (Å²) in [5.74, 6) is -1.43.